The molecule has 0 fully saturated rings. The molecule has 0 aromatic carbocycles. The Bertz CT molecular complexity index is 15.5. The van der Waals surface area contributed by atoms with Crippen molar-refractivity contribution < 1.29 is 10.6 Å². The van der Waals surface area contributed by atoms with Gasteiger partial charge in [-0.25, -0.2) is 0 Å². The molecule has 0 heterocycles. The second-order valence-corrected chi connectivity index (χ2v) is 0.742. The molecule has 0 aliphatic heterocycles. The van der Waals surface area contributed by atoms with Crippen LogP contribution >= 0.6 is 0 Å². The number of rotatable bonds is 0. The van der Waals surface area contributed by atoms with Crippen LogP contribution in [0.15, 0.2) is 0 Å². The second kappa shape index (κ2) is 10.2. The molecule has 0 rings (SSSR count). The molecule has 0 saturated heterocycles. The van der Waals surface area contributed by atoms with Gasteiger partial charge in [0.15, 0.2) is 0 Å². The fraction of sp³-hybridized carbons (Fsp3) is 0. The van der Waals surface area contributed by atoms with Crippen molar-refractivity contribution in [3.8, 4) is 0 Å². The summed E-state index contributed by atoms with van der Waals surface area (Å²) in [5.41, 5.74) is 0. The topological polar surface area (TPSA) is 0 Å². The van der Waals surface area contributed by atoms with E-state index in [0.717, 1.165) is 0 Å². The molecule has 0 bridgehead atoms. The average molecular weight is 134 g/mol. The zero-order valence-corrected chi connectivity index (χ0v) is 2.87. The molecule has 0 unspecified atom stereocenters. The van der Waals surface area contributed by atoms with Crippen LogP contribution in [0.5, 0.6) is 0 Å². The predicted octanol–water partition coefficient (Wildman–Crippen LogP) is -0.685. The first-order valence-corrected chi connectivity index (χ1v) is 1.96. The Labute approximate surface area is 81.5 Å². The summed E-state index contributed by atoms with van der Waals surface area (Å²) >= 11 is -4.64. The van der Waals surface area contributed by atoms with E-state index in [4.69, 9.17) is 0 Å². The van der Waals surface area contributed by atoms with Crippen LogP contribution < -0.4 is 0 Å². The Morgan fingerprint density at radius 2 is 1.00 bits per heavy atom. The predicted molar refractivity (Wildman–Crippen MR) is 24.8 cm³/mol. The number of halogens is 3. The quantitative estimate of drug-likeness (QED) is 0.385. The first kappa shape index (κ1) is 15.7. The van der Waals surface area contributed by atoms with Crippen LogP contribution in [-0.2, 0) is 0 Å². The molecule has 6 heteroatoms. The molecule has 0 aliphatic rings. The standard InChI is InChI=1S/Al.Ca.3FH.Li.3H/h;;3*1H;;;;/q+3;;;;;;;;/p-3. The van der Waals surface area contributed by atoms with Crippen molar-refractivity contribution in [2.75, 3.05) is 0 Å². The average Bonchev–Trinajstić information content (AvgIpc) is 0.811. The van der Waals surface area contributed by atoms with Gasteiger partial charge in [0, 0.05) is 0 Å². The maximum absolute atomic E-state index is 9.81. The van der Waals surface area contributed by atoms with Crippen LogP contribution in [-0.4, -0.2) is 72.1 Å². The van der Waals surface area contributed by atoms with E-state index < -0.39 is 15.5 Å². The zero-order chi connectivity index (χ0) is 3.58. The minimum atomic E-state index is -4.64. The fourth-order valence-corrected chi connectivity index (χ4v) is 0. The molecule has 0 amide bonds. The molecule has 30 valence electrons. The summed E-state index contributed by atoms with van der Waals surface area (Å²) < 4.78 is 29.4. The molecule has 6 heavy (non-hydrogen) atoms. The number of hydrogen-bond donors (Lipinski definition) is 0. The van der Waals surface area contributed by atoms with Crippen molar-refractivity contribution >= 4 is 72.1 Å². The van der Waals surface area contributed by atoms with Gasteiger partial charge in [-0.3, -0.25) is 0 Å². The van der Waals surface area contributed by atoms with Crippen LogP contribution in [0.25, 0.3) is 0 Å². The Morgan fingerprint density at radius 3 is 1.00 bits per heavy atom. The Hall–Kier alpha value is 2.18. The molecule has 0 spiro atoms. The van der Waals surface area contributed by atoms with Crippen molar-refractivity contribution in [1.29, 1.82) is 0 Å². The first-order chi connectivity index (χ1) is 1.73. The van der Waals surface area contributed by atoms with E-state index in [1.807, 2.05) is 0 Å². The Balaban J connectivity index is -0.0000000450. The Kier molecular flexibility index (Phi) is 26.8. The van der Waals surface area contributed by atoms with Crippen molar-refractivity contribution in [2.45, 2.75) is 0 Å². The molecule has 0 radical (unpaired) electrons. The van der Waals surface area contributed by atoms with Crippen LogP contribution in [0.1, 0.15) is 0 Å². The maximum atomic E-state index is 9.81. The molecule has 0 N–H and O–H groups in total. The Morgan fingerprint density at radius 1 is 1.00 bits per heavy atom. The summed E-state index contributed by atoms with van der Waals surface area (Å²) in [6.07, 6.45) is 0. The third-order valence-corrected chi connectivity index (χ3v) is 0. The van der Waals surface area contributed by atoms with Crippen molar-refractivity contribution in [3.63, 3.8) is 0 Å². The first-order valence-electron chi connectivity index (χ1n) is 0.655. The summed E-state index contributed by atoms with van der Waals surface area (Å²) in [6, 6.07) is 0. The number of hydrogen-bond acceptors (Lipinski definition) is 0. The van der Waals surface area contributed by atoms with Crippen LogP contribution in [0.4, 0.5) is 10.6 Å². The van der Waals surface area contributed by atoms with E-state index in [-0.39, 0.29) is 56.6 Å². The summed E-state index contributed by atoms with van der Waals surface area (Å²) in [5.74, 6) is 0. The van der Waals surface area contributed by atoms with E-state index in [2.05, 4.69) is 0 Å². The summed E-state index contributed by atoms with van der Waals surface area (Å²) in [5, 5.41) is 0. The van der Waals surface area contributed by atoms with Gasteiger partial charge in [0.05, 0.1) is 0 Å². The van der Waals surface area contributed by atoms with E-state index in [9.17, 15) is 10.6 Å². The summed E-state index contributed by atoms with van der Waals surface area (Å²) in [4.78, 5) is 0. The molecule has 0 nitrogen and oxygen atoms in total. The molecule has 0 aromatic rings. The fourth-order valence-electron chi connectivity index (χ4n) is 0. The van der Waals surface area contributed by atoms with Crippen LogP contribution in [0, 0.1) is 0 Å². The van der Waals surface area contributed by atoms with E-state index in [1.54, 1.807) is 0 Å². The third-order valence-electron chi connectivity index (χ3n) is 0. The van der Waals surface area contributed by atoms with Crippen molar-refractivity contribution in [1.82, 2.24) is 0 Å². The van der Waals surface area contributed by atoms with Gasteiger partial charge in [-0.15, -0.1) is 0 Å². The van der Waals surface area contributed by atoms with E-state index in [1.165, 1.54) is 0 Å². The van der Waals surface area contributed by atoms with E-state index in [0.29, 0.717) is 0 Å². The van der Waals surface area contributed by atoms with Gasteiger partial charge in [-0.2, -0.15) is 0 Å². The van der Waals surface area contributed by atoms with Gasteiger partial charge in [-0.05, 0) is 0 Å². The molecule has 0 atom stereocenters. The van der Waals surface area contributed by atoms with Gasteiger partial charge in [-0.1, -0.05) is 0 Å². The normalized spacial score (nSPS) is 4.50. The van der Waals surface area contributed by atoms with Gasteiger partial charge in [0.1, 0.15) is 0 Å². The molecule has 0 saturated carbocycles. The molecular weight excluding hydrogens is 131 g/mol. The molecule has 0 aliphatic carbocycles. The van der Waals surface area contributed by atoms with Crippen LogP contribution in [0.2, 0.25) is 0 Å². The van der Waals surface area contributed by atoms with E-state index >= 15 is 0 Å². The third kappa shape index (κ3) is 34.9. The van der Waals surface area contributed by atoms with Gasteiger partial charge in [0.25, 0.3) is 0 Å². The van der Waals surface area contributed by atoms with Crippen molar-refractivity contribution in [3.05, 3.63) is 0 Å². The second-order valence-electron chi connectivity index (χ2n) is 0.247. The minimum absolute atomic E-state index is 0. The zero-order valence-electron chi connectivity index (χ0n) is 1.71. The van der Waals surface area contributed by atoms with Crippen LogP contribution in [0.3, 0.4) is 0 Å². The summed E-state index contributed by atoms with van der Waals surface area (Å²) in [6.45, 7) is 0. The molecular formula is H3AlCaF3Li. The SMILES string of the molecule is [CaH2].[F][Al]([F])[F].[LiH]. The van der Waals surface area contributed by atoms with Crippen molar-refractivity contribution in [2.24, 2.45) is 0 Å². The summed E-state index contributed by atoms with van der Waals surface area (Å²) in [7, 11) is 0. The van der Waals surface area contributed by atoms with Gasteiger partial charge in [0.2, 0.25) is 0 Å². The van der Waals surface area contributed by atoms with Gasteiger partial charge >= 0.3 is 72.1 Å². The molecule has 0 aromatic heterocycles. The monoisotopic (exact) mass is 134 g/mol. The van der Waals surface area contributed by atoms with Gasteiger partial charge < -0.3 is 10.6 Å².